The van der Waals surface area contributed by atoms with Gasteiger partial charge in [0.15, 0.2) is 0 Å². The first kappa shape index (κ1) is 16.3. The molecule has 0 spiro atoms. The second-order valence-corrected chi connectivity index (χ2v) is 7.68. The van der Waals surface area contributed by atoms with Gasteiger partial charge >= 0.3 is 0 Å². The Hall–Kier alpha value is -1.12. The van der Waals surface area contributed by atoms with Gasteiger partial charge in [0.25, 0.3) is 0 Å². The van der Waals surface area contributed by atoms with Gasteiger partial charge in [-0.05, 0) is 53.4 Å². The van der Waals surface area contributed by atoms with E-state index < -0.39 is 0 Å². The van der Waals surface area contributed by atoms with Crippen molar-refractivity contribution < 1.29 is 0 Å². The van der Waals surface area contributed by atoms with E-state index in [1.54, 1.807) is 0 Å². The van der Waals surface area contributed by atoms with Crippen LogP contribution in [0.2, 0.25) is 0 Å². The molecular formula is C19H27NS. The lowest BCUT2D eigenvalue weighted by Crippen LogP contribution is -2.22. The Morgan fingerprint density at radius 2 is 1.76 bits per heavy atom. The van der Waals surface area contributed by atoms with E-state index in [1.165, 1.54) is 21.6 Å². The van der Waals surface area contributed by atoms with E-state index in [-0.39, 0.29) is 5.41 Å². The van der Waals surface area contributed by atoms with Crippen LogP contribution in [0.15, 0.2) is 35.7 Å². The predicted octanol–water partition coefficient (Wildman–Crippen LogP) is 5.25. The fourth-order valence-electron chi connectivity index (χ4n) is 2.62. The summed E-state index contributed by atoms with van der Waals surface area (Å²) in [5.41, 5.74) is 4.43. The highest BCUT2D eigenvalue weighted by Gasteiger charge is 2.16. The molecule has 0 bridgehead atoms. The van der Waals surface area contributed by atoms with Crippen LogP contribution < -0.4 is 5.32 Å². The molecule has 2 aromatic rings. The molecule has 1 aromatic heterocycles. The number of hydrogen-bond acceptors (Lipinski definition) is 2. The Labute approximate surface area is 133 Å². The third kappa shape index (κ3) is 4.18. The second-order valence-electron chi connectivity index (χ2n) is 6.73. The fraction of sp³-hybridized carbons (Fsp3) is 0.474. The van der Waals surface area contributed by atoms with Crippen molar-refractivity contribution in [3.8, 4) is 0 Å². The van der Waals surface area contributed by atoms with Crippen LogP contribution >= 0.6 is 11.3 Å². The molecule has 114 valence electrons. The van der Waals surface area contributed by atoms with Gasteiger partial charge in [-0.3, -0.25) is 0 Å². The van der Waals surface area contributed by atoms with Crippen molar-refractivity contribution in [2.24, 2.45) is 0 Å². The Morgan fingerprint density at radius 1 is 1.10 bits per heavy atom. The molecule has 0 aliphatic carbocycles. The summed E-state index contributed by atoms with van der Waals surface area (Å²) in [7, 11) is 0. The van der Waals surface area contributed by atoms with Crippen LogP contribution in [-0.4, -0.2) is 6.54 Å². The Bertz CT molecular complexity index is 560. The van der Waals surface area contributed by atoms with E-state index in [4.69, 9.17) is 0 Å². The van der Waals surface area contributed by atoms with Gasteiger partial charge in [-0.1, -0.05) is 52.0 Å². The van der Waals surface area contributed by atoms with Gasteiger partial charge in [0.05, 0.1) is 0 Å². The molecular weight excluding hydrogens is 274 g/mol. The molecule has 2 heteroatoms. The molecule has 0 saturated heterocycles. The summed E-state index contributed by atoms with van der Waals surface area (Å²) in [4.78, 5) is 1.47. The molecule has 0 aliphatic heterocycles. The van der Waals surface area contributed by atoms with E-state index in [1.807, 2.05) is 11.3 Å². The molecule has 0 aliphatic rings. The second kappa shape index (κ2) is 6.76. The maximum atomic E-state index is 3.63. The van der Waals surface area contributed by atoms with Crippen LogP contribution in [0.1, 0.15) is 55.3 Å². The first-order valence-electron chi connectivity index (χ1n) is 7.78. The van der Waals surface area contributed by atoms with Gasteiger partial charge in [-0.15, -0.1) is 11.3 Å². The highest BCUT2D eigenvalue weighted by molar-refractivity contribution is 7.10. The third-order valence-corrected chi connectivity index (χ3v) is 5.06. The van der Waals surface area contributed by atoms with Gasteiger partial charge < -0.3 is 5.32 Å². The maximum absolute atomic E-state index is 3.63. The summed E-state index contributed by atoms with van der Waals surface area (Å²) in [6.07, 6.45) is 1.06. The summed E-state index contributed by atoms with van der Waals surface area (Å²) in [6.45, 7) is 12.2. The van der Waals surface area contributed by atoms with Crippen molar-refractivity contribution in [3.05, 3.63) is 57.3 Å². The Balaban J connectivity index is 2.16. The Kier molecular flexibility index (Phi) is 5.23. The quantitative estimate of drug-likeness (QED) is 0.795. The smallest absolute Gasteiger partial charge is 0.0458 e. The topological polar surface area (TPSA) is 12.0 Å². The first-order valence-corrected chi connectivity index (χ1v) is 8.66. The minimum Gasteiger partial charge on any atom is -0.309 e. The van der Waals surface area contributed by atoms with E-state index in [9.17, 15) is 0 Å². The number of nitrogens with one attached hydrogen (secondary N) is 1. The summed E-state index contributed by atoms with van der Waals surface area (Å²) < 4.78 is 0. The zero-order valence-corrected chi connectivity index (χ0v) is 14.7. The van der Waals surface area contributed by atoms with Crippen molar-refractivity contribution >= 4 is 11.3 Å². The van der Waals surface area contributed by atoms with E-state index in [2.05, 4.69) is 75.6 Å². The molecule has 1 atom stereocenters. The molecule has 1 N–H and O–H groups in total. The minimum absolute atomic E-state index is 0.226. The average Bonchev–Trinajstić information content (AvgIpc) is 2.84. The number of likely N-dealkylation sites (N-methyl/N-ethyl adjacent to an activating group) is 1. The lowest BCUT2D eigenvalue weighted by Gasteiger charge is -2.21. The molecule has 2 rings (SSSR count). The van der Waals surface area contributed by atoms with Crippen LogP contribution in [0.25, 0.3) is 0 Å². The molecule has 0 radical (unpaired) electrons. The third-order valence-electron chi connectivity index (χ3n) is 3.93. The highest BCUT2D eigenvalue weighted by atomic mass is 32.1. The van der Waals surface area contributed by atoms with Crippen molar-refractivity contribution in [1.82, 2.24) is 5.32 Å². The van der Waals surface area contributed by atoms with Gasteiger partial charge in [0.1, 0.15) is 0 Å². The van der Waals surface area contributed by atoms with Crippen molar-refractivity contribution in [3.63, 3.8) is 0 Å². The predicted molar refractivity (Wildman–Crippen MR) is 94.3 cm³/mol. The van der Waals surface area contributed by atoms with Gasteiger partial charge in [-0.2, -0.15) is 0 Å². The molecule has 0 amide bonds. The summed E-state index contributed by atoms with van der Waals surface area (Å²) >= 11 is 1.86. The van der Waals surface area contributed by atoms with E-state index in [0.717, 1.165) is 13.0 Å². The number of thiophene rings is 1. The van der Waals surface area contributed by atoms with E-state index in [0.29, 0.717) is 6.04 Å². The van der Waals surface area contributed by atoms with Crippen LogP contribution in [0, 0.1) is 6.92 Å². The zero-order valence-electron chi connectivity index (χ0n) is 13.9. The van der Waals surface area contributed by atoms with Gasteiger partial charge in [0.2, 0.25) is 0 Å². The minimum atomic E-state index is 0.226. The van der Waals surface area contributed by atoms with Gasteiger partial charge in [0, 0.05) is 10.9 Å². The monoisotopic (exact) mass is 301 g/mol. The number of rotatable bonds is 5. The molecule has 0 saturated carbocycles. The average molecular weight is 301 g/mol. The van der Waals surface area contributed by atoms with Crippen LogP contribution in [0.5, 0.6) is 0 Å². The van der Waals surface area contributed by atoms with Crippen LogP contribution in [0.4, 0.5) is 0 Å². The molecule has 1 nitrogen and oxygen atoms in total. The standard InChI is InChI=1S/C19H27NS/c1-6-20-17(18-14(2)11-12-21-18)13-15-7-9-16(10-8-15)19(3,4)5/h7-12,17,20H,6,13H2,1-5H3. The van der Waals surface area contributed by atoms with Crippen LogP contribution in [-0.2, 0) is 11.8 Å². The zero-order chi connectivity index (χ0) is 15.5. The molecule has 0 fully saturated rings. The van der Waals surface area contributed by atoms with Crippen molar-refractivity contribution in [1.29, 1.82) is 0 Å². The van der Waals surface area contributed by atoms with Crippen molar-refractivity contribution in [2.75, 3.05) is 6.54 Å². The van der Waals surface area contributed by atoms with Crippen molar-refractivity contribution in [2.45, 2.75) is 52.5 Å². The summed E-state index contributed by atoms with van der Waals surface area (Å²) in [5.74, 6) is 0. The summed E-state index contributed by atoms with van der Waals surface area (Å²) in [6, 6.07) is 11.8. The van der Waals surface area contributed by atoms with Crippen LogP contribution in [0.3, 0.4) is 0 Å². The molecule has 1 unspecified atom stereocenters. The summed E-state index contributed by atoms with van der Waals surface area (Å²) in [5, 5.41) is 5.82. The largest absolute Gasteiger partial charge is 0.309 e. The molecule has 1 aromatic carbocycles. The van der Waals surface area contributed by atoms with E-state index >= 15 is 0 Å². The number of benzene rings is 1. The lowest BCUT2D eigenvalue weighted by atomic mass is 9.86. The maximum Gasteiger partial charge on any atom is 0.0458 e. The normalized spacial score (nSPS) is 13.4. The molecule has 1 heterocycles. The Morgan fingerprint density at radius 3 is 2.24 bits per heavy atom. The highest BCUT2D eigenvalue weighted by Crippen LogP contribution is 2.28. The fourth-order valence-corrected chi connectivity index (χ4v) is 3.63. The SMILES string of the molecule is CCNC(Cc1ccc(C(C)(C)C)cc1)c1sccc1C. The lowest BCUT2D eigenvalue weighted by molar-refractivity contribution is 0.555. The van der Waals surface area contributed by atoms with Gasteiger partial charge in [-0.25, -0.2) is 0 Å². The number of hydrogen-bond donors (Lipinski definition) is 1. The number of aryl methyl sites for hydroxylation is 1. The molecule has 21 heavy (non-hydrogen) atoms. The first-order chi connectivity index (χ1) is 9.91.